The van der Waals surface area contributed by atoms with Gasteiger partial charge in [-0.1, -0.05) is 6.92 Å². The molecule has 100 valence electrons. The van der Waals surface area contributed by atoms with Crippen LogP contribution in [0.3, 0.4) is 0 Å². The molecule has 5 nitrogen and oxygen atoms in total. The van der Waals surface area contributed by atoms with Crippen molar-refractivity contribution >= 4 is 6.09 Å². The van der Waals surface area contributed by atoms with Crippen LogP contribution in [0.25, 0.3) is 0 Å². The van der Waals surface area contributed by atoms with Crippen LogP contribution >= 0.6 is 0 Å². The second kappa shape index (κ2) is 6.74. The van der Waals surface area contributed by atoms with Gasteiger partial charge in [-0.05, 0) is 24.6 Å². The maximum Gasteiger partial charge on any atom is 0.404 e. The Balaban J connectivity index is 2.88. The number of amides is 1. The summed E-state index contributed by atoms with van der Waals surface area (Å²) < 4.78 is 15.4. The predicted molar refractivity (Wildman–Crippen MR) is 68.0 cm³/mol. The molecule has 0 saturated carbocycles. The third-order valence-electron chi connectivity index (χ3n) is 2.67. The number of hydrogen-bond donors (Lipinski definition) is 1. The van der Waals surface area contributed by atoms with E-state index >= 15 is 0 Å². The average Bonchev–Trinajstić information content (AvgIpc) is 2.37. The van der Waals surface area contributed by atoms with Crippen molar-refractivity contribution in [1.82, 2.24) is 0 Å². The van der Waals surface area contributed by atoms with Crippen molar-refractivity contribution in [2.45, 2.75) is 25.9 Å². The Kier molecular flexibility index (Phi) is 5.30. The smallest absolute Gasteiger partial charge is 0.404 e. The first-order valence-electron chi connectivity index (χ1n) is 5.77. The minimum Gasteiger partial charge on any atom is -0.497 e. The van der Waals surface area contributed by atoms with Crippen LogP contribution in [-0.2, 0) is 11.2 Å². The van der Waals surface area contributed by atoms with Gasteiger partial charge >= 0.3 is 6.09 Å². The Hall–Kier alpha value is -1.91. The summed E-state index contributed by atoms with van der Waals surface area (Å²) in [5, 5.41) is 0. The molecule has 0 heterocycles. The fourth-order valence-corrected chi connectivity index (χ4v) is 1.72. The molecule has 1 unspecified atom stereocenters. The van der Waals surface area contributed by atoms with Crippen LogP contribution in [0.2, 0.25) is 0 Å². The number of benzene rings is 1. The van der Waals surface area contributed by atoms with Crippen LogP contribution in [0.5, 0.6) is 11.5 Å². The summed E-state index contributed by atoms with van der Waals surface area (Å²) in [5.74, 6) is 1.47. The number of ether oxygens (including phenoxy) is 3. The van der Waals surface area contributed by atoms with Gasteiger partial charge in [-0.25, -0.2) is 4.79 Å². The summed E-state index contributed by atoms with van der Waals surface area (Å²) >= 11 is 0. The lowest BCUT2D eigenvalue weighted by molar-refractivity contribution is 0.104. The van der Waals surface area contributed by atoms with Crippen LogP contribution in [0, 0.1) is 0 Å². The third-order valence-corrected chi connectivity index (χ3v) is 2.67. The van der Waals surface area contributed by atoms with Gasteiger partial charge in [0.1, 0.15) is 17.6 Å². The zero-order chi connectivity index (χ0) is 13.5. The molecule has 0 spiro atoms. The first-order valence-corrected chi connectivity index (χ1v) is 5.77. The zero-order valence-corrected chi connectivity index (χ0v) is 10.9. The molecule has 18 heavy (non-hydrogen) atoms. The summed E-state index contributed by atoms with van der Waals surface area (Å²) in [5.41, 5.74) is 5.95. The highest BCUT2D eigenvalue weighted by atomic mass is 16.6. The molecule has 0 radical (unpaired) electrons. The Labute approximate surface area is 107 Å². The highest BCUT2D eigenvalue weighted by Gasteiger charge is 2.14. The van der Waals surface area contributed by atoms with Crippen LogP contribution in [0.4, 0.5) is 4.79 Å². The summed E-state index contributed by atoms with van der Waals surface area (Å²) in [7, 11) is 3.20. The standard InChI is InChI=1S/C13H19NO4/c1-4-10(18-13(14)15)7-9-8-11(16-2)5-6-12(9)17-3/h5-6,8,10H,4,7H2,1-3H3,(H2,14,15). The van der Waals surface area contributed by atoms with Crippen molar-refractivity contribution in [3.05, 3.63) is 23.8 Å². The number of primary amides is 1. The summed E-state index contributed by atoms with van der Waals surface area (Å²) in [6.45, 7) is 1.93. The predicted octanol–water partition coefficient (Wildman–Crippen LogP) is 2.12. The van der Waals surface area contributed by atoms with Crippen molar-refractivity contribution in [3.63, 3.8) is 0 Å². The molecule has 0 aliphatic carbocycles. The van der Waals surface area contributed by atoms with Crippen molar-refractivity contribution in [1.29, 1.82) is 0 Å². The normalized spacial score (nSPS) is 11.7. The number of rotatable bonds is 6. The van der Waals surface area contributed by atoms with E-state index in [1.807, 2.05) is 25.1 Å². The molecule has 1 aromatic carbocycles. The van der Waals surface area contributed by atoms with Gasteiger partial charge in [-0.3, -0.25) is 0 Å². The maximum atomic E-state index is 10.8. The highest BCUT2D eigenvalue weighted by Crippen LogP contribution is 2.26. The fraction of sp³-hybridized carbons (Fsp3) is 0.462. The largest absolute Gasteiger partial charge is 0.497 e. The topological polar surface area (TPSA) is 70.8 Å². The van der Waals surface area contributed by atoms with Gasteiger partial charge in [0.15, 0.2) is 0 Å². The van der Waals surface area contributed by atoms with E-state index in [9.17, 15) is 4.79 Å². The molecule has 0 fully saturated rings. The number of carbonyl (C=O) groups is 1. The second-order valence-electron chi connectivity index (χ2n) is 3.85. The quantitative estimate of drug-likeness (QED) is 0.843. The minimum absolute atomic E-state index is 0.261. The van der Waals surface area contributed by atoms with E-state index in [0.717, 1.165) is 17.1 Å². The van der Waals surface area contributed by atoms with Gasteiger partial charge in [0.25, 0.3) is 0 Å². The molecule has 1 atom stereocenters. The Morgan fingerprint density at radius 2 is 2.06 bits per heavy atom. The van der Waals surface area contributed by atoms with Crippen LogP contribution < -0.4 is 15.2 Å². The number of hydrogen-bond acceptors (Lipinski definition) is 4. The van der Waals surface area contributed by atoms with Gasteiger partial charge in [0.2, 0.25) is 0 Å². The maximum absolute atomic E-state index is 10.8. The lowest BCUT2D eigenvalue weighted by Gasteiger charge is -2.17. The van der Waals surface area contributed by atoms with Crippen molar-refractivity contribution < 1.29 is 19.0 Å². The molecule has 0 aliphatic heterocycles. The first-order chi connectivity index (χ1) is 8.60. The molecule has 1 aromatic rings. The molecular weight excluding hydrogens is 234 g/mol. The van der Waals surface area contributed by atoms with Crippen molar-refractivity contribution in [2.75, 3.05) is 14.2 Å². The van der Waals surface area contributed by atoms with E-state index in [1.54, 1.807) is 14.2 Å². The van der Waals surface area contributed by atoms with Crippen LogP contribution in [0.15, 0.2) is 18.2 Å². The van der Waals surface area contributed by atoms with Crippen LogP contribution in [0.1, 0.15) is 18.9 Å². The zero-order valence-electron chi connectivity index (χ0n) is 10.9. The van der Waals surface area contributed by atoms with E-state index in [2.05, 4.69) is 0 Å². The monoisotopic (exact) mass is 253 g/mol. The molecule has 0 bridgehead atoms. The van der Waals surface area contributed by atoms with Gasteiger partial charge in [0, 0.05) is 12.0 Å². The summed E-state index contributed by atoms with van der Waals surface area (Å²) in [4.78, 5) is 10.8. The second-order valence-corrected chi connectivity index (χ2v) is 3.85. The number of carbonyl (C=O) groups excluding carboxylic acids is 1. The first kappa shape index (κ1) is 14.2. The molecule has 1 amide bonds. The summed E-state index contributed by atoms with van der Waals surface area (Å²) in [6, 6.07) is 5.51. The minimum atomic E-state index is -0.760. The van der Waals surface area contributed by atoms with Crippen molar-refractivity contribution in [2.24, 2.45) is 5.73 Å². The van der Waals surface area contributed by atoms with Gasteiger partial charge < -0.3 is 19.9 Å². The SMILES string of the molecule is CCC(Cc1cc(OC)ccc1OC)OC(N)=O. The van der Waals surface area contributed by atoms with Crippen LogP contribution in [-0.4, -0.2) is 26.4 Å². The summed E-state index contributed by atoms with van der Waals surface area (Å²) in [6.07, 6.45) is 0.204. The Bertz CT molecular complexity index is 406. The van der Waals surface area contributed by atoms with Gasteiger partial charge in [0.05, 0.1) is 14.2 Å². The highest BCUT2D eigenvalue weighted by molar-refractivity contribution is 5.64. The van der Waals surface area contributed by atoms with E-state index in [4.69, 9.17) is 19.9 Å². The lowest BCUT2D eigenvalue weighted by Crippen LogP contribution is -2.24. The number of methoxy groups -OCH3 is 2. The Morgan fingerprint density at radius 1 is 1.33 bits per heavy atom. The average molecular weight is 253 g/mol. The van der Waals surface area contributed by atoms with E-state index in [1.165, 1.54) is 0 Å². The molecule has 0 saturated heterocycles. The molecular formula is C13H19NO4. The lowest BCUT2D eigenvalue weighted by atomic mass is 10.0. The van der Waals surface area contributed by atoms with E-state index in [-0.39, 0.29) is 6.10 Å². The van der Waals surface area contributed by atoms with Crippen molar-refractivity contribution in [3.8, 4) is 11.5 Å². The molecule has 5 heteroatoms. The fourth-order valence-electron chi connectivity index (χ4n) is 1.72. The third kappa shape index (κ3) is 3.84. The Morgan fingerprint density at radius 3 is 2.56 bits per heavy atom. The molecule has 2 N–H and O–H groups in total. The van der Waals surface area contributed by atoms with E-state index < -0.39 is 6.09 Å². The van der Waals surface area contributed by atoms with E-state index in [0.29, 0.717) is 12.8 Å². The van der Waals surface area contributed by atoms with Gasteiger partial charge in [-0.2, -0.15) is 0 Å². The molecule has 0 aromatic heterocycles. The molecule has 0 aliphatic rings. The number of nitrogens with two attached hydrogens (primary N) is 1. The molecule has 1 rings (SSSR count). The van der Waals surface area contributed by atoms with Gasteiger partial charge in [-0.15, -0.1) is 0 Å².